The van der Waals surface area contributed by atoms with Gasteiger partial charge in [0.1, 0.15) is 18.4 Å². The maximum Gasteiger partial charge on any atom is 0.323 e. The second-order valence-corrected chi connectivity index (χ2v) is 8.64. The molecule has 3 heterocycles. The molecule has 4 N–H and O–H groups in total. The number of nitrogens with two attached hydrogens (primary N) is 1. The van der Waals surface area contributed by atoms with Gasteiger partial charge in [0.2, 0.25) is 0 Å². The molecular formula is C18H24FN6O6P. The number of halogens is 1. The second kappa shape index (κ2) is 9.48. The highest BCUT2D eigenvalue weighted by Crippen LogP contribution is 2.39. The van der Waals surface area contributed by atoms with Crippen molar-refractivity contribution < 1.29 is 32.9 Å². The summed E-state index contributed by atoms with van der Waals surface area (Å²) >= 11 is 0. The van der Waals surface area contributed by atoms with Gasteiger partial charge >= 0.3 is 12.0 Å². The van der Waals surface area contributed by atoms with Crippen LogP contribution in [0.25, 0.3) is 11.2 Å². The van der Waals surface area contributed by atoms with Crippen LogP contribution in [0.15, 0.2) is 6.33 Å². The Morgan fingerprint density at radius 3 is 2.94 bits per heavy atom. The third kappa shape index (κ3) is 4.90. The minimum absolute atomic E-state index is 0.00394. The van der Waals surface area contributed by atoms with Gasteiger partial charge in [0.15, 0.2) is 22.6 Å². The molecule has 2 aromatic heterocycles. The number of aliphatic hydroxyl groups is 1. The lowest BCUT2D eigenvalue weighted by Crippen LogP contribution is -2.42. The minimum Gasteiger partial charge on any atom is -0.462 e. The van der Waals surface area contributed by atoms with Gasteiger partial charge in [-0.3, -0.25) is 13.9 Å². The molecule has 1 saturated heterocycles. The van der Waals surface area contributed by atoms with Crippen molar-refractivity contribution in [2.45, 2.75) is 57.3 Å². The van der Waals surface area contributed by atoms with Crippen LogP contribution in [0.5, 0.6) is 0 Å². The number of rotatable bonds is 8. The van der Waals surface area contributed by atoms with Crippen LogP contribution in [-0.4, -0.2) is 61.1 Å². The number of aliphatic hydroxyl groups excluding tert-OH is 1. The first-order valence-electron chi connectivity index (χ1n) is 9.69. The zero-order valence-electron chi connectivity index (χ0n) is 17.6. The summed E-state index contributed by atoms with van der Waals surface area (Å²) in [5.41, 5.74) is 4.24. The van der Waals surface area contributed by atoms with Gasteiger partial charge in [-0.1, -0.05) is 5.92 Å². The molecule has 0 saturated carbocycles. The SMILES string of the molecule is C#C[C@]1(CO[PH](=O)N[C@@H](C)C(=O)OC(C)C)O[C@@H](n2cnc3c(N)nc(F)nc32)C[C@@H]1O. The highest BCUT2D eigenvalue weighted by atomic mass is 31.1. The number of hydrogen-bond acceptors (Lipinski definition) is 10. The number of nitrogen functional groups attached to an aromatic ring is 1. The normalized spacial score (nSPS) is 25.0. The number of terminal acetylenes is 1. The van der Waals surface area contributed by atoms with Crippen molar-refractivity contribution in [2.75, 3.05) is 12.3 Å². The van der Waals surface area contributed by atoms with Crippen molar-refractivity contribution in [1.82, 2.24) is 24.6 Å². The fourth-order valence-electron chi connectivity index (χ4n) is 3.13. The van der Waals surface area contributed by atoms with Crippen LogP contribution in [0.3, 0.4) is 0 Å². The van der Waals surface area contributed by atoms with Crippen LogP contribution in [0.1, 0.15) is 33.4 Å². The summed E-state index contributed by atoms with van der Waals surface area (Å²) in [5, 5.41) is 13.1. The summed E-state index contributed by atoms with van der Waals surface area (Å²) in [7, 11) is -2.94. The van der Waals surface area contributed by atoms with Gasteiger partial charge in [-0.15, -0.1) is 6.42 Å². The second-order valence-electron chi connectivity index (χ2n) is 7.49. The van der Waals surface area contributed by atoms with E-state index in [1.54, 1.807) is 13.8 Å². The highest BCUT2D eigenvalue weighted by Gasteiger charge is 2.49. The monoisotopic (exact) mass is 470 g/mol. The van der Waals surface area contributed by atoms with Crippen molar-refractivity contribution in [3.8, 4) is 12.3 Å². The maximum absolute atomic E-state index is 13.6. The van der Waals surface area contributed by atoms with E-state index < -0.39 is 50.8 Å². The number of nitrogens with one attached hydrogen (secondary N) is 1. The first kappa shape index (κ1) is 24.0. The molecule has 0 amide bonds. The van der Waals surface area contributed by atoms with E-state index in [1.807, 2.05) is 0 Å². The number of imidazole rings is 1. The molecule has 1 aliphatic rings. The Hall–Kier alpha value is -2.62. The molecule has 2 aromatic rings. The number of aromatic nitrogens is 4. The molecule has 174 valence electrons. The Bertz CT molecular complexity index is 1070. The van der Waals surface area contributed by atoms with Gasteiger partial charge in [-0.05, 0) is 20.8 Å². The number of esters is 1. The zero-order valence-corrected chi connectivity index (χ0v) is 18.6. The van der Waals surface area contributed by atoms with Crippen LogP contribution in [-0.2, 0) is 23.4 Å². The van der Waals surface area contributed by atoms with Crippen LogP contribution in [0.4, 0.5) is 10.2 Å². The molecule has 0 bridgehead atoms. The number of ether oxygens (including phenoxy) is 2. The molecule has 12 nitrogen and oxygen atoms in total. The number of hydrogen-bond donors (Lipinski definition) is 3. The summed E-state index contributed by atoms with van der Waals surface area (Å²) in [5.74, 6) is 1.60. The largest absolute Gasteiger partial charge is 0.462 e. The Balaban J connectivity index is 1.69. The molecule has 1 aliphatic heterocycles. The van der Waals surface area contributed by atoms with Crippen LogP contribution < -0.4 is 10.8 Å². The van der Waals surface area contributed by atoms with Crippen LogP contribution >= 0.6 is 8.18 Å². The fraction of sp³-hybridized carbons (Fsp3) is 0.556. The van der Waals surface area contributed by atoms with Crippen molar-refractivity contribution in [1.29, 1.82) is 0 Å². The fourth-order valence-corrected chi connectivity index (χ4v) is 4.03. The van der Waals surface area contributed by atoms with Gasteiger partial charge in [-0.25, -0.2) is 10.1 Å². The van der Waals surface area contributed by atoms with Crippen molar-refractivity contribution in [3.63, 3.8) is 0 Å². The Morgan fingerprint density at radius 2 is 2.28 bits per heavy atom. The first-order chi connectivity index (χ1) is 15.1. The summed E-state index contributed by atoms with van der Waals surface area (Å²) in [6.07, 6.45) is 3.44. The molecule has 5 atom stereocenters. The number of carbonyl (C=O) groups excluding carboxylic acids is 1. The standard InChI is InChI=1S/C18H24FN6O6P/c1-5-18(7-29-32(28)24-10(4)16(27)30-9(2)3)11(26)6-12(31-18)25-8-21-13-14(20)22-17(19)23-15(13)25/h1,8-12,26,32H,6-7H2,2-4H3,(H,24,28)(H2,20,22,23)/t10-,11-,12+,18+/m0/s1. The Kier molecular flexibility index (Phi) is 7.12. The van der Waals surface area contributed by atoms with E-state index >= 15 is 0 Å². The van der Waals surface area contributed by atoms with Crippen LogP contribution in [0.2, 0.25) is 0 Å². The maximum atomic E-state index is 13.6. The number of fused-ring (bicyclic) bond motifs is 1. The Labute approximate surface area is 183 Å². The predicted octanol–water partition coefficient (Wildman–Crippen LogP) is 0.535. The summed E-state index contributed by atoms with van der Waals surface area (Å²) in [6, 6.07) is -0.884. The van der Waals surface area contributed by atoms with E-state index in [2.05, 4.69) is 26.0 Å². The van der Waals surface area contributed by atoms with Gasteiger partial charge in [0.05, 0.1) is 19.0 Å². The summed E-state index contributed by atoms with van der Waals surface area (Å²) in [6.45, 7) is 4.42. The molecule has 1 unspecified atom stereocenters. The smallest absolute Gasteiger partial charge is 0.323 e. The van der Waals surface area contributed by atoms with Gasteiger partial charge in [-0.2, -0.15) is 14.4 Å². The van der Waals surface area contributed by atoms with E-state index in [0.29, 0.717) is 0 Å². The van der Waals surface area contributed by atoms with Crippen molar-refractivity contribution in [2.24, 2.45) is 0 Å². The van der Waals surface area contributed by atoms with Gasteiger partial charge < -0.3 is 24.8 Å². The molecule has 3 rings (SSSR count). The molecular weight excluding hydrogens is 446 g/mol. The van der Waals surface area contributed by atoms with Crippen molar-refractivity contribution >= 4 is 31.1 Å². The predicted molar refractivity (Wildman–Crippen MR) is 111 cm³/mol. The molecule has 32 heavy (non-hydrogen) atoms. The molecule has 1 fully saturated rings. The quantitative estimate of drug-likeness (QED) is 0.213. The molecule has 0 spiro atoms. The van der Waals surface area contributed by atoms with Crippen molar-refractivity contribution in [3.05, 3.63) is 12.4 Å². The van der Waals surface area contributed by atoms with E-state index in [0.717, 1.165) is 0 Å². The lowest BCUT2D eigenvalue weighted by atomic mass is 9.99. The summed E-state index contributed by atoms with van der Waals surface area (Å²) in [4.78, 5) is 23.0. The third-order valence-corrected chi connectivity index (χ3v) is 5.82. The molecule has 0 radical (unpaired) electrons. The van der Waals surface area contributed by atoms with Gasteiger partial charge in [0.25, 0.3) is 8.18 Å². The summed E-state index contributed by atoms with van der Waals surface area (Å²) < 4.78 is 43.4. The number of nitrogens with zero attached hydrogens (tertiary/aromatic N) is 4. The first-order valence-corrected chi connectivity index (χ1v) is 11.0. The number of anilines is 1. The third-order valence-electron chi connectivity index (χ3n) is 4.74. The minimum atomic E-state index is -2.94. The average molecular weight is 470 g/mol. The van der Waals surface area contributed by atoms with E-state index in [1.165, 1.54) is 17.8 Å². The van der Waals surface area contributed by atoms with Crippen LogP contribution in [0, 0.1) is 18.4 Å². The van der Waals surface area contributed by atoms with Gasteiger partial charge in [0, 0.05) is 6.42 Å². The van der Waals surface area contributed by atoms with E-state index in [4.69, 9.17) is 26.2 Å². The molecule has 0 aliphatic carbocycles. The zero-order chi connectivity index (χ0) is 23.6. The molecule has 14 heteroatoms. The topological polar surface area (TPSA) is 164 Å². The average Bonchev–Trinajstić information content (AvgIpc) is 3.27. The Morgan fingerprint density at radius 1 is 1.56 bits per heavy atom. The molecule has 0 aromatic carbocycles. The van der Waals surface area contributed by atoms with E-state index in [-0.39, 0.29) is 29.5 Å². The lowest BCUT2D eigenvalue weighted by molar-refractivity contribution is -0.149. The highest BCUT2D eigenvalue weighted by molar-refractivity contribution is 7.36. The number of carbonyl (C=O) groups is 1. The lowest BCUT2D eigenvalue weighted by Gasteiger charge is -2.26. The van der Waals surface area contributed by atoms with E-state index in [9.17, 15) is 18.9 Å².